The number of halogens is 5. The van der Waals surface area contributed by atoms with E-state index < -0.39 is 70.9 Å². The number of aromatic nitrogens is 1. The minimum atomic E-state index is -4.87. The minimum Gasteiger partial charge on any atom is -0.481 e. The second kappa shape index (κ2) is 16.0. The number of carbonyl (C=O) groups excluding carboxylic acids is 2. The number of benzene rings is 2. The van der Waals surface area contributed by atoms with Gasteiger partial charge in [0.15, 0.2) is 0 Å². The number of nitrogens with one attached hydrogen (secondary N) is 2. The van der Waals surface area contributed by atoms with E-state index in [2.05, 4.69) is 10.6 Å². The van der Waals surface area contributed by atoms with E-state index in [1.807, 2.05) is 4.90 Å². The molecule has 0 unspecified atom stereocenters. The Bertz CT molecular complexity index is 1960. The molecule has 3 N–H and O–H groups in total. The number of alkyl halides is 3. The Morgan fingerprint density at radius 3 is 2.15 bits per heavy atom. The normalized spacial score (nSPS) is 16.6. The fourth-order valence-corrected chi connectivity index (χ4v) is 7.95. The molecule has 14 heteroatoms. The van der Waals surface area contributed by atoms with Gasteiger partial charge in [-0.2, -0.15) is 13.2 Å². The Balaban J connectivity index is 1.42. The summed E-state index contributed by atoms with van der Waals surface area (Å²) in [7, 11) is 0. The first kappa shape index (κ1) is 40.6. The lowest BCUT2D eigenvalue weighted by Gasteiger charge is -2.38. The van der Waals surface area contributed by atoms with Gasteiger partial charge in [0.25, 0.3) is 11.5 Å². The first-order chi connectivity index (χ1) is 25.3. The quantitative estimate of drug-likeness (QED) is 0.160. The third-order valence-corrected chi connectivity index (χ3v) is 10.7. The molecular weight excluding hydrogens is 711 g/mol. The van der Waals surface area contributed by atoms with Crippen LogP contribution in [0.4, 0.5) is 22.0 Å². The Hall–Kier alpha value is -4.59. The van der Waals surface area contributed by atoms with Gasteiger partial charge in [-0.1, -0.05) is 20.3 Å². The topological polar surface area (TPSA) is 121 Å². The molecule has 54 heavy (non-hydrogen) atoms. The molecule has 2 aromatic carbocycles. The molecule has 292 valence electrons. The molecule has 0 bridgehead atoms. The number of hydrogen-bond donors (Lipinski definition) is 3. The smallest absolute Gasteiger partial charge is 0.431 e. The molecule has 1 saturated heterocycles. The zero-order valence-electron chi connectivity index (χ0n) is 31.1. The second-order valence-electron chi connectivity index (χ2n) is 15.4. The van der Waals surface area contributed by atoms with E-state index in [9.17, 15) is 41.8 Å². The van der Waals surface area contributed by atoms with E-state index in [-0.39, 0.29) is 42.0 Å². The molecule has 3 aromatic rings. The molecular formula is C40H47F5N4O5. The van der Waals surface area contributed by atoms with Gasteiger partial charge in [-0.05, 0) is 129 Å². The van der Waals surface area contributed by atoms with Gasteiger partial charge in [0, 0.05) is 25.2 Å². The lowest BCUT2D eigenvalue weighted by atomic mass is 9.68. The van der Waals surface area contributed by atoms with Crippen molar-refractivity contribution >= 4 is 17.8 Å². The maximum Gasteiger partial charge on any atom is 0.431 e. The van der Waals surface area contributed by atoms with Crippen molar-refractivity contribution in [2.45, 2.75) is 97.9 Å². The number of likely N-dealkylation sites (tertiary alicyclic amines) is 1. The standard InChI is InChI=1S/C40H47F5N4O5/c1-22(2)15-31(37(53)46-30(20-33(50)51)29-19-26(16-25(5)35(29)42)34-23(3)17-27(41)18-24(34)4)47-36(52)28-7-8-32(40(43,44)45)49(38(28)54)14-13-48-12-11-39(21-48)9-6-10-39/h7-8,16-19,22,30-31H,6,9-15,20-21H2,1-5H3,(H,46,53)(H,47,52)(H,50,51)/t30-,31-/m0/s1. The number of pyridine rings is 1. The van der Waals surface area contributed by atoms with Crippen molar-refractivity contribution in [1.82, 2.24) is 20.1 Å². The monoisotopic (exact) mass is 758 g/mol. The summed E-state index contributed by atoms with van der Waals surface area (Å²) in [5.74, 6) is -4.78. The fourth-order valence-electron chi connectivity index (χ4n) is 7.95. The highest BCUT2D eigenvalue weighted by Crippen LogP contribution is 2.48. The van der Waals surface area contributed by atoms with Gasteiger partial charge >= 0.3 is 12.1 Å². The predicted molar refractivity (Wildman–Crippen MR) is 193 cm³/mol. The van der Waals surface area contributed by atoms with Crippen LogP contribution < -0.4 is 16.2 Å². The summed E-state index contributed by atoms with van der Waals surface area (Å²) >= 11 is 0. The van der Waals surface area contributed by atoms with Crippen molar-refractivity contribution in [3.8, 4) is 11.1 Å². The average molecular weight is 759 g/mol. The minimum absolute atomic E-state index is 0.00157. The largest absolute Gasteiger partial charge is 0.481 e. The molecule has 2 aliphatic rings. The van der Waals surface area contributed by atoms with Crippen LogP contribution in [0.25, 0.3) is 11.1 Å². The molecule has 9 nitrogen and oxygen atoms in total. The maximum absolute atomic E-state index is 15.8. The number of carboxylic acid groups (broad SMARTS) is 1. The second-order valence-corrected chi connectivity index (χ2v) is 15.4. The third-order valence-electron chi connectivity index (χ3n) is 10.7. The SMILES string of the molecule is Cc1cc(-c2c(C)cc(F)cc2C)cc([C@H](CC(=O)O)NC(=O)[C@H](CC(C)C)NC(=O)c2ccc(C(F)(F)F)n(CCN3CCC4(CCC4)C3)c2=O)c1F. The average Bonchev–Trinajstić information content (AvgIpc) is 3.49. The van der Waals surface area contributed by atoms with Crippen LogP contribution in [0, 0.1) is 43.7 Å². The Kier molecular flexibility index (Phi) is 12.0. The Morgan fingerprint density at radius 2 is 1.59 bits per heavy atom. The molecule has 2 atom stereocenters. The fraction of sp³-hybridized carbons (Fsp3) is 0.500. The van der Waals surface area contributed by atoms with Crippen LogP contribution >= 0.6 is 0 Å². The predicted octanol–water partition coefficient (Wildman–Crippen LogP) is 7.09. The van der Waals surface area contributed by atoms with Crippen LogP contribution in [-0.2, 0) is 22.3 Å². The number of aliphatic carboxylic acids is 1. The summed E-state index contributed by atoms with van der Waals surface area (Å²) in [6, 6.07) is 4.25. The number of carboxylic acids is 1. The summed E-state index contributed by atoms with van der Waals surface area (Å²) < 4.78 is 72.7. The summed E-state index contributed by atoms with van der Waals surface area (Å²) in [6.45, 7) is 9.70. The molecule has 5 rings (SSSR count). The van der Waals surface area contributed by atoms with Gasteiger partial charge in [0.2, 0.25) is 5.91 Å². The Labute approximate surface area is 310 Å². The van der Waals surface area contributed by atoms with E-state index in [0.717, 1.165) is 38.3 Å². The van der Waals surface area contributed by atoms with E-state index in [0.29, 0.717) is 39.4 Å². The van der Waals surface area contributed by atoms with Gasteiger partial charge < -0.3 is 25.2 Å². The first-order valence-corrected chi connectivity index (χ1v) is 18.2. The first-order valence-electron chi connectivity index (χ1n) is 18.2. The molecule has 1 saturated carbocycles. The summed E-state index contributed by atoms with van der Waals surface area (Å²) in [5.41, 5.74) is -0.553. The summed E-state index contributed by atoms with van der Waals surface area (Å²) in [4.78, 5) is 55.1. The zero-order chi connectivity index (χ0) is 39.7. The summed E-state index contributed by atoms with van der Waals surface area (Å²) in [6.07, 6.45) is -1.38. The highest BCUT2D eigenvalue weighted by atomic mass is 19.4. The lowest BCUT2D eigenvalue weighted by molar-refractivity contribution is -0.144. The van der Waals surface area contributed by atoms with Crippen molar-refractivity contribution in [2.75, 3.05) is 19.6 Å². The van der Waals surface area contributed by atoms with Crippen molar-refractivity contribution in [1.29, 1.82) is 0 Å². The molecule has 2 heterocycles. The third kappa shape index (κ3) is 9.02. The van der Waals surface area contributed by atoms with Gasteiger partial charge in [0.1, 0.15) is 28.9 Å². The number of nitrogens with zero attached hydrogens (tertiary/aromatic N) is 2. The molecule has 1 aromatic heterocycles. The number of hydrogen-bond acceptors (Lipinski definition) is 5. The van der Waals surface area contributed by atoms with Crippen LogP contribution in [0.15, 0.2) is 41.2 Å². The van der Waals surface area contributed by atoms with Crippen LogP contribution in [0.2, 0.25) is 0 Å². The molecule has 1 aliphatic carbocycles. The van der Waals surface area contributed by atoms with Gasteiger partial charge in [-0.25, -0.2) is 8.78 Å². The molecule has 2 fully saturated rings. The maximum atomic E-state index is 15.8. The van der Waals surface area contributed by atoms with Crippen molar-refractivity contribution in [3.63, 3.8) is 0 Å². The van der Waals surface area contributed by atoms with E-state index >= 15 is 4.39 Å². The molecule has 1 aliphatic heterocycles. The van der Waals surface area contributed by atoms with Crippen LogP contribution in [0.5, 0.6) is 0 Å². The van der Waals surface area contributed by atoms with E-state index in [4.69, 9.17) is 0 Å². The van der Waals surface area contributed by atoms with Crippen LogP contribution in [-0.4, -0.2) is 58.0 Å². The van der Waals surface area contributed by atoms with Gasteiger partial charge in [-0.15, -0.1) is 0 Å². The highest BCUT2D eigenvalue weighted by molar-refractivity contribution is 5.97. The number of rotatable bonds is 13. The number of aryl methyl sites for hydroxylation is 3. The van der Waals surface area contributed by atoms with Crippen molar-refractivity contribution in [3.05, 3.63) is 91.9 Å². The zero-order valence-corrected chi connectivity index (χ0v) is 31.1. The van der Waals surface area contributed by atoms with Crippen molar-refractivity contribution in [2.24, 2.45) is 11.3 Å². The summed E-state index contributed by atoms with van der Waals surface area (Å²) in [5, 5.41) is 14.8. The van der Waals surface area contributed by atoms with Gasteiger partial charge in [0.05, 0.1) is 12.5 Å². The van der Waals surface area contributed by atoms with Gasteiger partial charge in [-0.3, -0.25) is 19.2 Å². The number of amides is 2. The molecule has 1 spiro atoms. The van der Waals surface area contributed by atoms with E-state index in [1.165, 1.54) is 25.1 Å². The van der Waals surface area contributed by atoms with Crippen LogP contribution in [0.3, 0.4) is 0 Å². The molecule has 0 radical (unpaired) electrons. The lowest BCUT2D eigenvalue weighted by Crippen LogP contribution is -2.50. The number of carbonyl (C=O) groups is 3. The van der Waals surface area contributed by atoms with Crippen molar-refractivity contribution < 1.29 is 41.4 Å². The highest BCUT2D eigenvalue weighted by Gasteiger charge is 2.43. The Morgan fingerprint density at radius 1 is 0.926 bits per heavy atom. The van der Waals surface area contributed by atoms with E-state index in [1.54, 1.807) is 33.8 Å². The molecule has 2 amide bonds. The van der Waals surface area contributed by atoms with Crippen LogP contribution in [0.1, 0.15) is 96.7 Å².